The molecule has 0 aliphatic heterocycles. The molecule has 0 bridgehead atoms. The third-order valence-corrected chi connectivity index (χ3v) is 5.54. The lowest BCUT2D eigenvalue weighted by Gasteiger charge is -2.23. The van der Waals surface area contributed by atoms with E-state index in [9.17, 15) is 17.6 Å². The lowest BCUT2D eigenvalue weighted by Crippen LogP contribution is -2.35. The van der Waals surface area contributed by atoms with Crippen molar-refractivity contribution >= 4 is 16.0 Å². The van der Waals surface area contributed by atoms with E-state index in [4.69, 9.17) is 4.74 Å². The fraction of sp³-hybridized carbons (Fsp3) is 0.533. The second kappa shape index (κ2) is 7.19. The van der Waals surface area contributed by atoms with Gasteiger partial charge in [-0.15, -0.1) is 0 Å². The highest BCUT2D eigenvalue weighted by molar-refractivity contribution is 7.89. The number of halogens is 1. The molecular formula is C15H20FNO4S. The normalized spacial score (nSPS) is 16.7. The van der Waals surface area contributed by atoms with Gasteiger partial charge in [0.15, 0.2) is 0 Å². The van der Waals surface area contributed by atoms with Crippen LogP contribution in [0.5, 0.6) is 0 Å². The van der Waals surface area contributed by atoms with Gasteiger partial charge in [0.25, 0.3) is 0 Å². The van der Waals surface area contributed by atoms with Crippen LogP contribution >= 0.6 is 0 Å². The minimum Gasteiger partial charge on any atom is -0.461 e. The first-order valence-electron chi connectivity index (χ1n) is 7.31. The quantitative estimate of drug-likeness (QED) is 0.778. The summed E-state index contributed by atoms with van der Waals surface area (Å²) in [5.74, 6) is -1.07. The Hall–Kier alpha value is -1.47. The zero-order valence-electron chi connectivity index (χ0n) is 12.5. The predicted molar refractivity (Wildman–Crippen MR) is 79.2 cm³/mol. The second-order valence-corrected chi connectivity index (χ2v) is 7.51. The maximum Gasteiger partial charge on any atom is 0.321 e. The van der Waals surface area contributed by atoms with E-state index in [2.05, 4.69) is 0 Å². The average molecular weight is 329 g/mol. The molecule has 7 heteroatoms. The Kier molecular flexibility index (Phi) is 5.52. The molecule has 5 nitrogen and oxygen atoms in total. The monoisotopic (exact) mass is 329 g/mol. The third-order valence-electron chi connectivity index (χ3n) is 3.72. The van der Waals surface area contributed by atoms with E-state index < -0.39 is 21.8 Å². The zero-order valence-corrected chi connectivity index (χ0v) is 13.3. The molecule has 0 spiro atoms. The summed E-state index contributed by atoms with van der Waals surface area (Å²) in [6.45, 7) is -0.351. The number of likely N-dealkylation sites (N-methyl/N-ethyl adjacent to an activating group) is 1. The van der Waals surface area contributed by atoms with Crippen LogP contribution in [0.2, 0.25) is 0 Å². The highest BCUT2D eigenvalue weighted by Crippen LogP contribution is 2.21. The summed E-state index contributed by atoms with van der Waals surface area (Å²) >= 11 is 0. The summed E-state index contributed by atoms with van der Waals surface area (Å²) in [6, 6.07) is 4.49. The molecule has 122 valence electrons. The van der Waals surface area contributed by atoms with E-state index in [1.807, 2.05) is 0 Å². The molecule has 0 radical (unpaired) electrons. The van der Waals surface area contributed by atoms with Crippen LogP contribution in [0.1, 0.15) is 32.1 Å². The first-order valence-corrected chi connectivity index (χ1v) is 8.75. The van der Waals surface area contributed by atoms with E-state index in [1.165, 1.54) is 19.2 Å². The van der Waals surface area contributed by atoms with Gasteiger partial charge in [-0.2, -0.15) is 4.31 Å². The molecule has 0 amide bonds. The standard InChI is InChI=1S/C15H20FNO4S/c1-17(11-15(18)21-13-5-3-2-4-6-13)22(19,20)14-9-7-12(16)8-10-14/h7-10,13H,2-6,11H2,1H3. The van der Waals surface area contributed by atoms with Gasteiger partial charge in [0.05, 0.1) is 4.90 Å². The van der Waals surface area contributed by atoms with Crippen molar-refractivity contribution in [2.75, 3.05) is 13.6 Å². The van der Waals surface area contributed by atoms with Crippen LogP contribution in [-0.2, 0) is 19.6 Å². The van der Waals surface area contributed by atoms with E-state index in [0.717, 1.165) is 48.5 Å². The smallest absolute Gasteiger partial charge is 0.321 e. The first-order chi connectivity index (χ1) is 10.4. The number of hydrogen-bond acceptors (Lipinski definition) is 4. The molecule has 0 unspecified atom stereocenters. The molecule has 1 saturated carbocycles. The fourth-order valence-corrected chi connectivity index (χ4v) is 3.57. The summed E-state index contributed by atoms with van der Waals surface area (Å²) in [5.41, 5.74) is 0. The van der Waals surface area contributed by atoms with Crippen molar-refractivity contribution in [3.05, 3.63) is 30.1 Å². The molecule has 0 N–H and O–H groups in total. The molecule has 2 rings (SSSR count). The fourth-order valence-electron chi connectivity index (χ4n) is 2.46. The SMILES string of the molecule is CN(CC(=O)OC1CCCCC1)S(=O)(=O)c1ccc(F)cc1. The van der Waals surface area contributed by atoms with Crippen molar-refractivity contribution < 1.29 is 22.3 Å². The molecule has 0 saturated heterocycles. The number of ether oxygens (including phenoxy) is 1. The van der Waals surface area contributed by atoms with Crippen molar-refractivity contribution in [3.8, 4) is 0 Å². The second-order valence-electron chi connectivity index (χ2n) is 5.46. The molecule has 22 heavy (non-hydrogen) atoms. The van der Waals surface area contributed by atoms with E-state index in [0.29, 0.717) is 0 Å². The first kappa shape index (κ1) is 16.9. The van der Waals surface area contributed by atoms with Gasteiger partial charge in [0, 0.05) is 7.05 Å². The van der Waals surface area contributed by atoms with Gasteiger partial charge in [0.2, 0.25) is 10.0 Å². The van der Waals surface area contributed by atoms with E-state index in [-0.39, 0.29) is 17.5 Å². The van der Waals surface area contributed by atoms with Gasteiger partial charge < -0.3 is 4.74 Å². The van der Waals surface area contributed by atoms with Crippen molar-refractivity contribution in [3.63, 3.8) is 0 Å². The number of carbonyl (C=O) groups excluding carboxylic acids is 1. The van der Waals surface area contributed by atoms with Crippen LogP contribution in [0.4, 0.5) is 4.39 Å². The van der Waals surface area contributed by atoms with Crippen LogP contribution in [-0.4, -0.2) is 38.4 Å². The number of benzene rings is 1. The van der Waals surface area contributed by atoms with Crippen LogP contribution in [0.25, 0.3) is 0 Å². The Morgan fingerprint density at radius 3 is 2.41 bits per heavy atom. The van der Waals surface area contributed by atoms with Gasteiger partial charge in [-0.25, -0.2) is 12.8 Å². The van der Waals surface area contributed by atoms with Crippen molar-refractivity contribution in [2.24, 2.45) is 0 Å². The minimum atomic E-state index is -3.83. The van der Waals surface area contributed by atoms with Crippen molar-refractivity contribution in [1.29, 1.82) is 0 Å². The van der Waals surface area contributed by atoms with Crippen molar-refractivity contribution in [2.45, 2.75) is 43.1 Å². The topological polar surface area (TPSA) is 63.7 Å². The molecule has 1 aromatic rings. The summed E-state index contributed by atoms with van der Waals surface area (Å²) in [6.07, 6.45) is 4.76. The zero-order chi connectivity index (χ0) is 16.2. The Labute approximate surface area is 130 Å². The number of hydrogen-bond donors (Lipinski definition) is 0. The Balaban J connectivity index is 1.96. The summed E-state index contributed by atoms with van der Waals surface area (Å²) in [7, 11) is -2.52. The van der Waals surface area contributed by atoms with Gasteiger partial charge in [0.1, 0.15) is 18.5 Å². The molecule has 1 aliphatic carbocycles. The van der Waals surface area contributed by atoms with Crippen molar-refractivity contribution in [1.82, 2.24) is 4.31 Å². The lowest BCUT2D eigenvalue weighted by atomic mass is 9.98. The Morgan fingerprint density at radius 1 is 1.23 bits per heavy atom. The molecule has 1 fully saturated rings. The predicted octanol–water partition coefficient (Wildman–Crippen LogP) is 2.32. The molecule has 0 heterocycles. The summed E-state index contributed by atoms with van der Waals surface area (Å²) < 4.78 is 43.6. The largest absolute Gasteiger partial charge is 0.461 e. The lowest BCUT2D eigenvalue weighted by molar-refractivity contribution is -0.150. The molecule has 0 aromatic heterocycles. The van der Waals surface area contributed by atoms with Gasteiger partial charge in [-0.3, -0.25) is 4.79 Å². The highest BCUT2D eigenvalue weighted by Gasteiger charge is 2.25. The maximum absolute atomic E-state index is 12.9. The van der Waals surface area contributed by atoms with Crippen LogP contribution in [0, 0.1) is 5.82 Å². The highest BCUT2D eigenvalue weighted by atomic mass is 32.2. The van der Waals surface area contributed by atoms with Gasteiger partial charge >= 0.3 is 5.97 Å². The summed E-state index contributed by atoms with van der Waals surface area (Å²) in [4.78, 5) is 11.8. The van der Waals surface area contributed by atoms with Crippen LogP contribution in [0.15, 0.2) is 29.2 Å². The van der Waals surface area contributed by atoms with Gasteiger partial charge in [-0.1, -0.05) is 6.42 Å². The number of esters is 1. The third kappa shape index (κ3) is 4.27. The number of carbonyl (C=O) groups is 1. The number of rotatable bonds is 5. The summed E-state index contributed by atoms with van der Waals surface area (Å²) in [5, 5.41) is 0. The van der Waals surface area contributed by atoms with E-state index >= 15 is 0 Å². The number of nitrogens with zero attached hydrogens (tertiary/aromatic N) is 1. The van der Waals surface area contributed by atoms with Gasteiger partial charge in [-0.05, 0) is 49.9 Å². The minimum absolute atomic E-state index is 0.0538. The Bertz CT molecular complexity index is 609. The average Bonchev–Trinajstić information content (AvgIpc) is 2.48. The number of sulfonamides is 1. The molecule has 1 aliphatic rings. The maximum atomic E-state index is 12.9. The van der Waals surface area contributed by atoms with Crippen LogP contribution in [0.3, 0.4) is 0 Å². The molecular weight excluding hydrogens is 309 g/mol. The molecule has 0 atom stereocenters. The van der Waals surface area contributed by atoms with E-state index in [1.54, 1.807) is 0 Å². The van der Waals surface area contributed by atoms with Crippen LogP contribution < -0.4 is 0 Å². The molecule has 1 aromatic carbocycles. The Morgan fingerprint density at radius 2 is 1.82 bits per heavy atom.